The first-order valence-corrected chi connectivity index (χ1v) is 14.2. The molecule has 15 heteroatoms. The molecule has 3 N–H and O–H groups in total. The summed E-state index contributed by atoms with van der Waals surface area (Å²) in [4.78, 5) is 49.0. The first-order valence-electron chi connectivity index (χ1n) is 13.8. The molecule has 7 unspecified atom stereocenters. The lowest BCUT2D eigenvalue weighted by molar-refractivity contribution is -0.147. The van der Waals surface area contributed by atoms with Crippen molar-refractivity contribution in [3.05, 3.63) is 35.3 Å². The number of fused-ring (bicyclic) bond motifs is 1. The van der Waals surface area contributed by atoms with Crippen LogP contribution in [-0.2, 0) is 19.1 Å². The lowest BCUT2D eigenvalue weighted by atomic mass is 9.74. The first kappa shape index (κ1) is 28.4. The van der Waals surface area contributed by atoms with E-state index in [2.05, 4.69) is 21.0 Å². The van der Waals surface area contributed by atoms with Crippen LogP contribution in [0.25, 0.3) is 0 Å². The highest BCUT2D eigenvalue weighted by molar-refractivity contribution is 6.29. The number of ether oxygens (including phenoxy) is 1. The SMILES string of the molecule is CC1NCCN(NC(=O)C2N(CN3CCN(F)CC3)C(=O)C3C(C(=O)Nc4cc(F)cc(Cl)n4)C4C=CC32O4)C1C. The molecule has 4 fully saturated rings. The normalized spacial score (nSPS) is 35.6. The molecule has 1 aromatic heterocycles. The van der Waals surface area contributed by atoms with Gasteiger partial charge in [0.05, 0.1) is 24.6 Å². The van der Waals surface area contributed by atoms with Crippen molar-refractivity contribution in [2.45, 2.75) is 43.7 Å². The third-order valence-corrected chi connectivity index (χ3v) is 9.09. The number of nitrogens with one attached hydrogen (secondary N) is 3. The van der Waals surface area contributed by atoms with E-state index in [0.29, 0.717) is 31.3 Å². The molecule has 0 saturated carbocycles. The summed E-state index contributed by atoms with van der Waals surface area (Å²) in [7, 11) is 0. The summed E-state index contributed by atoms with van der Waals surface area (Å²) in [6.45, 7) is 6.44. The maximum absolute atomic E-state index is 14.1. The summed E-state index contributed by atoms with van der Waals surface area (Å²) in [6, 6.07) is 1.10. The van der Waals surface area contributed by atoms with Gasteiger partial charge in [0.15, 0.2) is 0 Å². The molecule has 1 spiro atoms. The molecule has 5 aliphatic rings. The molecule has 7 atom stereocenters. The zero-order valence-electron chi connectivity index (χ0n) is 22.7. The second-order valence-electron chi connectivity index (χ2n) is 11.3. The van der Waals surface area contributed by atoms with Crippen LogP contribution in [0.5, 0.6) is 0 Å². The van der Waals surface area contributed by atoms with Gasteiger partial charge in [-0.2, -0.15) is 0 Å². The minimum atomic E-state index is -1.38. The fraction of sp³-hybridized carbons (Fsp3) is 0.615. The van der Waals surface area contributed by atoms with Crippen LogP contribution >= 0.6 is 11.6 Å². The summed E-state index contributed by atoms with van der Waals surface area (Å²) < 4.78 is 34.0. The molecule has 6 heterocycles. The predicted octanol–water partition coefficient (Wildman–Crippen LogP) is 0.136. The average Bonchev–Trinajstić information content (AvgIpc) is 3.55. The lowest BCUT2D eigenvalue weighted by Gasteiger charge is -2.41. The molecule has 222 valence electrons. The quantitative estimate of drug-likeness (QED) is 0.240. The molecule has 5 aliphatic heterocycles. The molecule has 4 saturated heterocycles. The number of likely N-dealkylation sites (tertiary alicyclic amines) is 1. The molecule has 1 aromatic rings. The van der Waals surface area contributed by atoms with E-state index in [1.807, 2.05) is 23.8 Å². The smallest absolute Gasteiger partial charge is 0.260 e. The molecule has 0 aliphatic carbocycles. The van der Waals surface area contributed by atoms with Crippen LogP contribution in [0.4, 0.5) is 14.7 Å². The van der Waals surface area contributed by atoms with Gasteiger partial charge in [0, 0.05) is 63.5 Å². The molecule has 0 aromatic carbocycles. The van der Waals surface area contributed by atoms with Crippen LogP contribution in [0.15, 0.2) is 24.3 Å². The summed E-state index contributed by atoms with van der Waals surface area (Å²) in [5, 5.41) is 8.37. The Balaban J connectivity index is 1.30. The van der Waals surface area contributed by atoms with Crippen molar-refractivity contribution in [3.63, 3.8) is 0 Å². The van der Waals surface area contributed by atoms with Gasteiger partial charge in [-0.15, -0.1) is 9.60 Å². The van der Waals surface area contributed by atoms with Crippen LogP contribution < -0.4 is 16.1 Å². The Bertz CT molecular complexity index is 1250. The summed E-state index contributed by atoms with van der Waals surface area (Å²) in [6.07, 6.45) is 2.65. The predicted molar refractivity (Wildman–Crippen MR) is 143 cm³/mol. The molecular formula is C26H33ClF2N8O4. The van der Waals surface area contributed by atoms with E-state index >= 15 is 0 Å². The van der Waals surface area contributed by atoms with E-state index in [1.165, 1.54) is 4.90 Å². The Labute approximate surface area is 240 Å². The number of hydrogen-bond donors (Lipinski definition) is 3. The maximum atomic E-state index is 14.1. The Morgan fingerprint density at radius 1 is 1.20 bits per heavy atom. The zero-order valence-corrected chi connectivity index (χ0v) is 23.5. The largest absolute Gasteiger partial charge is 0.359 e. The van der Waals surface area contributed by atoms with Gasteiger partial charge >= 0.3 is 0 Å². The summed E-state index contributed by atoms with van der Waals surface area (Å²) in [5.41, 5.74) is 1.63. The van der Waals surface area contributed by atoms with Crippen molar-refractivity contribution in [1.82, 2.24) is 35.7 Å². The number of hydrazine groups is 1. The van der Waals surface area contributed by atoms with Crippen LogP contribution in [0.3, 0.4) is 0 Å². The van der Waals surface area contributed by atoms with Crippen LogP contribution in [0, 0.1) is 17.7 Å². The third-order valence-electron chi connectivity index (χ3n) is 8.89. The summed E-state index contributed by atoms with van der Waals surface area (Å²) in [5.74, 6) is -4.18. The average molecular weight is 595 g/mol. The number of anilines is 1. The number of rotatable bonds is 6. The molecule has 2 bridgehead atoms. The summed E-state index contributed by atoms with van der Waals surface area (Å²) >= 11 is 5.86. The lowest BCUT2D eigenvalue weighted by Crippen LogP contribution is -2.65. The van der Waals surface area contributed by atoms with Crippen molar-refractivity contribution in [3.8, 4) is 0 Å². The van der Waals surface area contributed by atoms with Crippen molar-refractivity contribution in [2.75, 3.05) is 51.3 Å². The second-order valence-corrected chi connectivity index (χ2v) is 11.7. The Morgan fingerprint density at radius 3 is 2.68 bits per heavy atom. The fourth-order valence-corrected chi connectivity index (χ4v) is 6.85. The van der Waals surface area contributed by atoms with Gasteiger partial charge in [-0.05, 0) is 13.8 Å². The highest BCUT2D eigenvalue weighted by atomic mass is 35.5. The van der Waals surface area contributed by atoms with Crippen LogP contribution in [0.1, 0.15) is 13.8 Å². The highest BCUT2D eigenvalue weighted by Crippen LogP contribution is 2.55. The van der Waals surface area contributed by atoms with Crippen molar-refractivity contribution in [1.29, 1.82) is 0 Å². The fourth-order valence-electron chi connectivity index (χ4n) is 6.66. The monoisotopic (exact) mass is 594 g/mol. The zero-order chi connectivity index (χ0) is 29.1. The number of carbonyl (C=O) groups excluding carboxylic acids is 3. The maximum Gasteiger partial charge on any atom is 0.260 e. The number of piperazine rings is 2. The number of carbonyl (C=O) groups is 3. The van der Waals surface area contributed by atoms with E-state index in [1.54, 1.807) is 12.2 Å². The number of hydrogen-bond acceptors (Lipinski definition) is 9. The van der Waals surface area contributed by atoms with Crippen molar-refractivity contribution >= 4 is 35.1 Å². The van der Waals surface area contributed by atoms with E-state index in [9.17, 15) is 23.3 Å². The minimum Gasteiger partial charge on any atom is -0.359 e. The van der Waals surface area contributed by atoms with Crippen LogP contribution in [0.2, 0.25) is 5.15 Å². The van der Waals surface area contributed by atoms with Gasteiger partial charge in [0.1, 0.15) is 28.4 Å². The molecule has 0 radical (unpaired) electrons. The van der Waals surface area contributed by atoms with Gasteiger partial charge in [0.25, 0.3) is 5.91 Å². The van der Waals surface area contributed by atoms with Crippen molar-refractivity contribution in [2.24, 2.45) is 11.8 Å². The molecule has 3 amide bonds. The van der Waals surface area contributed by atoms with Crippen molar-refractivity contribution < 1.29 is 28.0 Å². The van der Waals surface area contributed by atoms with Gasteiger partial charge < -0.3 is 20.3 Å². The Kier molecular flexibility index (Phi) is 7.49. The number of aromatic nitrogens is 1. The number of nitrogens with zero attached hydrogens (tertiary/aromatic N) is 5. The Morgan fingerprint density at radius 2 is 1.95 bits per heavy atom. The topological polar surface area (TPSA) is 122 Å². The Hall–Kier alpha value is -2.75. The number of pyridine rings is 1. The second kappa shape index (κ2) is 10.8. The van der Waals surface area contributed by atoms with Gasteiger partial charge in [-0.1, -0.05) is 23.8 Å². The van der Waals surface area contributed by atoms with Gasteiger partial charge in [-0.3, -0.25) is 24.7 Å². The van der Waals surface area contributed by atoms with Gasteiger partial charge in [0.2, 0.25) is 11.8 Å². The minimum absolute atomic E-state index is 0.00957. The molecule has 41 heavy (non-hydrogen) atoms. The van der Waals surface area contributed by atoms with E-state index in [-0.39, 0.29) is 42.8 Å². The van der Waals surface area contributed by atoms with E-state index < -0.39 is 53.1 Å². The van der Waals surface area contributed by atoms with Crippen LogP contribution in [-0.4, -0.2) is 118 Å². The van der Waals surface area contributed by atoms with E-state index in [0.717, 1.165) is 12.1 Å². The first-order chi connectivity index (χ1) is 19.6. The molecule has 6 rings (SSSR count). The standard InChI is InChI=1S/C26H33ClF2N8O4/c1-14-15(2)37(6-5-30-14)33-24(39)22-26-4-3-17(41-26)20(23(38)32-19-12-16(28)11-18(27)31-19)21(26)25(40)36(22)13-34-7-9-35(29)10-8-34/h3-4,11-12,14-15,17,20-22,30H,5-10,13H2,1-2H3,(H,33,39)(H,31,32,38). The number of amides is 3. The van der Waals surface area contributed by atoms with Gasteiger partial charge in [-0.25, -0.2) is 14.4 Å². The highest BCUT2D eigenvalue weighted by Gasteiger charge is 2.73. The molecular weight excluding hydrogens is 562 g/mol. The molecule has 12 nitrogen and oxygen atoms in total. The van der Waals surface area contributed by atoms with E-state index in [4.69, 9.17) is 16.3 Å². The third kappa shape index (κ3) is 5.00. The number of halogens is 3.